The highest BCUT2D eigenvalue weighted by atomic mass is 19.2. The molecule has 168 valence electrons. The maximum atomic E-state index is 14.7. The number of rotatable bonds is 4. The van der Waals surface area contributed by atoms with Crippen molar-refractivity contribution in [1.82, 2.24) is 0 Å². The first-order valence-corrected chi connectivity index (χ1v) is 9.82. The lowest BCUT2D eigenvalue weighted by Crippen LogP contribution is -1.96. The van der Waals surface area contributed by atoms with Crippen LogP contribution in [0, 0.1) is 47.6 Å². The van der Waals surface area contributed by atoms with E-state index in [0.29, 0.717) is 23.3 Å². The Kier molecular flexibility index (Phi) is 5.97. The minimum atomic E-state index is -1.64. The summed E-state index contributed by atoms with van der Waals surface area (Å²) in [5.41, 5.74) is 0.527. The van der Waals surface area contributed by atoms with E-state index < -0.39 is 40.7 Å². The van der Waals surface area contributed by atoms with E-state index in [9.17, 15) is 30.7 Å². The van der Waals surface area contributed by atoms with Gasteiger partial charge in [-0.05, 0) is 72.0 Å². The molecular formula is C26H15F7. The van der Waals surface area contributed by atoms with Crippen LogP contribution in [0.4, 0.5) is 30.7 Å². The fourth-order valence-corrected chi connectivity index (χ4v) is 3.55. The molecule has 4 aromatic carbocycles. The van der Waals surface area contributed by atoms with Gasteiger partial charge in [0.2, 0.25) is 0 Å². The first kappa shape index (κ1) is 22.6. The van der Waals surface area contributed by atoms with E-state index in [0.717, 1.165) is 18.2 Å². The van der Waals surface area contributed by atoms with Crippen molar-refractivity contribution in [3.05, 3.63) is 118 Å². The Morgan fingerprint density at radius 2 is 0.879 bits per heavy atom. The standard InChI is InChI=1S/C26H15F7/c1-13-20(27)9-16(10-21(13)28)18-4-2-14(7-22(18)29)6-15-3-5-19(23(30)8-15)17-11-24(31)26(33)25(32)12-17/h2-5,7-12H,6H2,1H3. The van der Waals surface area contributed by atoms with Gasteiger partial charge in [0.25, 0.3) is 0 Å². The van der Waals surface area contributed by atoms with Gasteiger partial charge < -0.3 is 0 Å². The second-order valence-electron chi connectivity index (χ2n) is 7.62. The Labute approximate surface area is 184 Å². The predicted molar refractivity (Wildman–Crippen MR) is 111 cm³/mol. The van der Waals surface area contributed by atoms with E-state index in [-0.39, 0.29) is 34.2 Å². The predicted octanol–water partition coefficient (Wildman–Crippen LogP) is 7.89. The molecule has 4 rings (SSSR count). The number of halogens is 7. The van der Waals surface area contributed by atoms with Crippen LogP contribution in [0.25, 0.3) is 22.3 Å². The molecule has 0 aromatic heterocycles. The van der Waals surface area contributed by atoms with Gasteiger partial charge in [-0.2, -0.15) is 0 Å². The molecule has 7 heteroatoms. The van der Waals surface area contributed by atoms with Crippen molar-refractivity contribution in [1.29, 1.82) is 0 Å². The molecule has 0 radical (unpaired) electrons. The quantitative estimate of drug-likeness (QED) is 0.215. The molecule has 0 atom stereocenters. The largest absolute Gasteiger partial charge is 0.207 e. The third kappa shape index (κ3) is 4.49. The van der Waals surface area contributed by atoms with Crippen molar-refractivity contribution in [3.63, 3.8) is 0 Å². The zero-order chi connectivity index (χ0) is 23.9. The van der Waals surface area contributed by atoms with Gasteiger partial charge in [-0.15, -0.1) is 0 Å². The van der Waals surface area contributed by atoms with Gasteiger partial charge in [0.15, 0.2) is 17.5 Å². The SMILES string of the molecule is Cc1c(F)cc(-c2ccc(Cc3ccc(-c4cc(F)c(F)c(F)c4)c(F)c3)cc2F)cc1F. The number of benzene rings is 4. The lowest BCUT2D eigenvalue weighted by atomic mass is 9.97. The summed E-state index contributed by atoms with van der Waals surface area (Å²) >= 11 is 0. The van der Waals surface area contributed by atoms with Gasteiger partial charge in [0.1, 0.15) is 23.3 Å². The van der Waals surface area contributed by atoms with Crippen LogP contribution in [0.3, 0.4) is 0 Å². The summed E-state index contributed by atoms with van der Waals surface area (Å²) in [7, 11) is 0. The Bertz CT molecular complexity index is 1220. The zero-order valence-corrected chi connectivity index (χ0v) is 17.1. The van der Waals surface area contributed by atoms with Gasteiger partial charge in [-0.1, -0.05) is 24.3 Å². The third-order valence-electron chi connectivity index (χ3n) is 5.36. The first-order chi connectivity index (χ1) is 15.6. The minimum absolute atomic E-state index is 0.0124. The zero-order valence-electron chi connectivity index (χ0n) is 17.1. The molecule has 33 heavy (non-hydrogen) atoms. The van der Waals surface area contributed by atoms with Crippen molar-refractivity contribution in [2.75, 3.05) is 0 Å². The average molecular weight is 460 g/mol. The highest BCUT2D eigenvalue weighted by Crippen LogP contribution is 2.30. The Morgan fingerprint density at radius 3 is 1.27 bits per heavy atom. The normalized spacial score (nSPS) is 11.2. The van der Waals surface area contributed by atoms with Gasteiger partial charge in [0.05, 0.1) is 0 Å². The van der Waals surface area contributed by atoms with Crippen LogP contribution in [0.1, 0.15) is 16.7 Å². The average Bonchev–Trinajstić information content (AvgIpc) is 2.75. The lowest BCUT2D eigenvalue weighted by molar-refractivity contribution is 0.447. The number of hydrogen-bond acceptors (Lipinski definition) is 0. The third-order valence-corrected chi connectivity index (χ3v) is 5.36. The van der Waals surface area contributed by atoms with Crippen molar-refractivity contribution in [2.45, 2.75) is 13.3 Å². The molecule has 0 nitrogen and oxygen atoms in total. The summed E-state index contributed by atoms with van der Waals surface area (Å²) < 4.78 is 97.0. The number of hydrogen-bond donors (Lipinski definition) is 0. The van der Waals surface area contributed by atoms with Gasteiger partial charge in [-0.3, -0.25) is 0 Å². The molecule has 0 aliphatic rings. The Balaban J connectivity index is 1.60. The molecule has 0 heterocycles. The van der Waals surface area contributed by atoms with Crippen LogP contribution in [0.5, 0.6) is 0 Å². The van der Waals surface area contributed by atoms with E-state index in [1.165, 1.54) is 31.2 Å². The lowest BCUT2D eigenvalue weighted by Gasteiger charge is -2.10. The fourth-order valence-electron chi connectivity index (χ4n) is 3.55. The highest BCUT2D eigenvalue weighted by molar-refractivity contribution is 5.66. The summed E-state index contributed by atoms with van der Waals surface area (Å²) in [6.07, 6.45) is 0.122. The molecule has 0 unspecified atom stereocenters. The summed E-state index contributed by atoms with van der Waals surface area (Å²) in [6.45, 7) is 1.28. The van der Waals surface area contributed by atoms with Crippen molar-refractivity contribution in [3.8, 4) is 22.3 Å². The maximum Gasteiger partial charge on any atom is 0.194 e. The molecule has 0 spiro atoms. The monoisotopic (exact) mass is 460 g/mol. The molecule has 0 amide bonds. The minimum Gasteiger partial charge on any atom is -0.207 e. The van der Waals surface area contributed by atoms with E-state index in [1.807, 2.05) is 0 Å². The van der Waals surface area contributed by atoms with Gasteiger partial charge in [0, 0.05) is 16.7 Å². The molecule has 0 N–H and O–H groups in total. The summed E-state index contributed by atoms with van der Waals surface area (Å²) in [4.78, 5) is 0. The molecule has 0 saturated heterocycles. The highest BCUT2D eigenvalue weighted by Gasteiger charge is 2.15. The van der Waals surface area contributed by atoms with E-state index in [1.54, 1.807) is 6.07 Å². The molecule has 0 saturated carbocycles. The van der Waals surface area contributed by atoms with Gasteiger partial charge >= 0.3 is 0 Å². The summed E-state index contributed by atoms with van der Waals surface area (Å²) in [5.74, 6) is -7.58. The van der Waals surface area contributed by atoms with Crippen LogP contribution in [-0.2, 0) is 6.42 Å². The van der Waals surface area contributed by atoms with Crippen LogP contribution >= 0.6 is 0 Å². The maximum absolute atomic E-state index is 14.7. The van der Waals surface area contributed by atoms with Crippen molar-refractivity contribution >= 4 is 0 Å². The topological polar surface area (TPSA) is 0 Å². The van der Waals surface area contributed by atoms with Crippen molar-refractivity contribution < 1.29 is 30.7 Å². The summed E-state index contributed by atoms with van der Waals surface area (Å²) in [5, 5.41) is 0. The molecule has 4 aromatic rings. The molecule has 0 fully saturated rings. The Hall–Kier alpha value is -3.61. The smallest absolute Gasteiger partial charge is 0.194 e. The molecule has 0 bridgehead atoms. The van der Waals surface area contributed by atoms with Gasteiger partial charge in [-0.25, -0.2) is 30.7 Å². The molecule has 0 aliphatic heterocycles. The van der Waals surface area contributed by atoms with Crippen LogP contribution in [0.2, 0.25) is 0 Å². The van der Waals surface area contributed by atoms with Crippen molar-refractivity contribution in [2.24, 2.45) is 0 Å². The second kappa shape index (κ2) is 8.73. The molecular weight excluding hydrogens is 445 g/mol. The first-order valence-electron chi connectivity index (χ1n) is 9.82. The van der Waals surface area contributed by atoms with Crippen LogP contribution in [-0.4, -0.2) is 0 Å². The van der Waals surface area contributed by atoms with E-state index >= 15 is 0 Å². The molecule has 0 aliphatic carbocycles. The van der Waals surface area contributed by atoms with Crippen LogP contribution in [0.15, 0.2) is 60.7 Å². The van der Waals surface area contributed by atoms with E-state index in [2.05, 4.69) is 0 Å². The fraction of sp³-hybridized carbons (Fsp3) is 0.0769. The van der Waals surface area contributed by atoms with Crippen LogP contribution < -0.4 is 0 Å². The van der Waals surface area contributed by atoms with E-state index in [4.69, 9.17) is 0 Å². The Morgan fingerprint density at radius 1 is 0.485 bits per heavy atom. The second-order valence-corrected chi connectivity index (χ2v) is 7.62. The summed E-state index contributed by atoms with van der Waals surface area (Å²) in [6, 6.07) is 11.5.